The minimum Gasteiger partial charge on any atom is -0.351 e. The number of carbonyl (C=O) groups is 1. The molecule has 0 aliphatic rings. The van der Waals surface area contributed by atoms with Gasteiger partial charge in [-0.15, -0.1) is 0 Å². The largest absolute Gasteiger partial charge is 0.434 e. The van der Waals surface area contributed by atoms with Gasteiger partial charge in [0.15, 0.2) is 5.69 Å². The molecule has 0 saturated heterocycles. The van der Waals surface area contributed by atoms with Crippen LogP contribution in [0.1, 0.15) is 29.9 Å². The summed E-state index contributed by atoms with van der Waals surface area (Å²) >= 11 is 5.78. The lowest BCUT2D eigenvalue weighted by atomic mass is 9.93. The van der Waals surface area contributed by atoms with E-state index in [4.69, 9.17) is 11.6 Å². The molecule has 1 N–H and O–H groups in total. The molecule has 0 saturated carbocycles. The van der Waals surface area contributed by atoms with E-state index in [0.717, 1.165) is 6.20 Å². The third-order valence-corrected chi connectivity index (χ3v) is 4.08. The highest BCUT2D eigenvalue weighted by Crippen LogP contribution is 2.34. The van der Waals surface area contributed by atoms with Gasteiger partial charge in [-0.2, -0.15) is 18.3 Å². The summed E-state index contributed by atoms with van der Waals surface area (Å²) in [5, 5.41) is 6.76. The highest BCUT2D eigenvalue weighted by atomic mass is 35.5. The van der Waals surface area contributed by atoms with Crippen LogP contribution in [0.25, 0.3) is 5.69 Å². The summed E-state index contributed by atoms with van der Waals surface area (Å²) in [4.78, 5) is 14.4. The van der Waals surface area contributed by atoms with E-state index >= 15 is 0 Å². The Hall–Kier alpha value is -2.06. The SMILES string of the molecule is CN(C)CC(C)(C)CNC(=O)c1cnn(-c2ccc(Cl)cc2)c1C(F)(F)F. The Morgan fingerprint density at radius 1 is 1.22 bits per heavy atom. The molecule has 0 aliphatic carbocycles. The average Bonchev–Trinajstić information content (AvgIpc) is 2.97. The number of aromatic nitrogens is 2. The maximum atomic E-state index is 13.6. The Balaban J connectivity index is 2.32. The van der Waals surface area contributed by atoms with Crippen molar-refractivity contribution in [1.82, 2.24) is 20.0 Å². The topological polar surface area (TPSA) is 50.2 Å². The van der Waals surface area contributed by atoms with Gasteiger partial charge in [-0.25, -0.2) is 4.68 Å². The van der Waals surface area contributed by atoms with Crippen LogP contribution >= 0.6 is 11.6 Å². The van der Waals surface area contributed by atoms with Crippen LogP contribution in [-0.2, 0) is 6.18 Å². The molecule has 148 valence electrons. The van der Waals surface area contributed by atoms with Crippen molar-refractivity contribution in [3.05, 3.63) is 46.7 Å². The number of nitrogens with zero attached hydrogens (tertiary/aromatic N) is 3. The van der Waals surface area contributed by atoms with Gasteiger partial charge in [0.1, 0.15) is 0 Å². The molecule has 0 bridgehead atoms. The van der Waals surface area contributed by atoms with Crippen molar-refractivity contribution >= 4 is 17.5 Å². The highest BCUT2D eigenvalue weighted by molar-refractivity contribution is 6.30. The number of benzene rings is 1. The molecule has 5 nitrogen and oxygen atoms in total. The van der Waals surface area contributed by atoms with Gasteiger partial charge in [0, 0.05) is 18.1 Å². The standard InChI is InChI=1S/C18H22ClF3N4O/c1-17(2,11-25(3)4)10-23-16(27)14-9-24-26(15(14)18(20,21)22)13-7-5-12(19)6-8-13/h5-9H,10-11H2,1-4H3,(H,23,27). The molecule has 1 amide bonds. The smallest absolute Gasteiger partial charge is 0.351 e. The zero-order chi connectivity index (χ0) is 20.4. The number of amides is 1. The monoisotopic (exact) mass is 402 g/mol. The molecule has 0 aliphatic heterocycles. The van der Waals surface area contributed by atoms with Crippen LogP contribution in [0, 0.1) is 5.41 Å². The highest BCUT2D eigenvalue weighted by Gasteiger charge is 2.40. The normalized spacial score (nSPS) is 12.5. The van der Waals surface area contributed by atoms with Crippen LogP contribution in [0.5, 0.6) is 0 Å². The molecule has 2 aromatic rings. The van der Waals surface area contributed by atoms with Gasteiger partial charge in [0.25, 0.3) is 5.91 Å². The predicted molar refractivity (Wildman–Crippen MR) is 98.2 cm³/mol. The Bertz CT molecular complexity index is 798. The minimum absolute atomic E-state index is 0.165. The van der Waals surface area contributed by atoms with Gasteiger partial charge >= 0.3 is 6.18 Å². The Labute approximate surface area is 161 Å². The van der Waals surface area contributed by atoms with Crippen molar-refractivity contribution in [2.45, 2.75) is 20.0 Å². The van der Waals surface area contributed by atoms with Gasteiger partial charge in [0.2, 0.25) is 0 Å². The van der Waals surface area contributed by atoms with Crippen LogP contribution in [-0.4, -0.2) is 47.8 Å². The number of hydrogen-bond donors (Lipinski definition) is 1. The van der Waals surface area contributed by atoms with Crippen molar-refractivity contribution < 1.29 is 18.0 Å². The predicted octanol–water partition coefficient (Wildman–Crippen LogP) is 3.86. The summed E-state index contributed by atoms with van der Waals surface area (Å²) in [6.45, 7) is 4.75. The summed E-state index contributed by atoms with van der Waals surface area (Å²) in [7, 11) is 3.78. The fourth-order valence-corrected chi connectivity index (χ4v) is 3.02. The number of nitrogens with one attached hydrogen (secondary N) is 1. The summed E-state index contributed by atoms with van der Waals surface area (Å²) in [5.74, 6) is -0.811. The zero-order valence-electron chi connectivity index (χ0n) is 15.6. The number of rotatable bonds is 6. The van der Waals surface area contributed by atoms with Gasteiger partial charge in [-0.3, -0.25) is 4.79 Å². The molecule has 0 spiro atoms. The van der Waals surface area contributed by atoms with Crippen molar-refractivity contribution in [3.63, 3.8) is 0 Å². The average molecular weight is 403 g/mol. The number of alkyl halides is 3. The molecule has 1 heterocycles. The van der Waals surface area contributed by atoms with Crippen molar-refractivity contribution in [3.8, 4) is 5.69 Å². The van der Waals surface area contributed by atoms with Crippen molar-refractivity contribution in [2.24, 2.45) is 5.41 Å². The first kappa shape index (κ1) is 21.2. The third kappa shape index (κ3) is 5.46. The molecule has 2 rings (SSSR count). The fourth-order valence-electron chi connectivity index (χ4n) is 2.89. The Morgan fingerprint density at radius 2 is 1.81 bits per heavy atom. The molecule has 0 unspecified atom stereocenters. The van der Waals surface area contributed by atoms with E-state index in [1.165, 1.54) is 24.3 Å². The van der Waals surface area contributed by atoms with Gasteiger partial charge in [-0.05, 0) is 43.8 Å². The summed E-state index contributed by atoms with van der Waals surface area (Å²) in [6.07, 6.45) is -3.81. The summed E-state index contributed by atoms with van der Waals surface area (Å²) < 4.78 is 41.6. The third-order valence-electron chi connectivity index (χ3n) is 3.83. The van der Waals surface area contributed by atoms with Crippen LogP contribution in [0.4, 0.5) is 13.2 Å². The Morgan fingerprint density at radius 3 is 2.33 bits per heavy atom. The lowest BCUT2D eigenvalue weighted by molar-refractivity contribution is -0.143. The summed E-state index contributed by atoms with van der Waals surface area (Å²) in [6, 6.07) is 5.74. The Kier molecular flexibility index (Phi) is 6.21. The van der Waals surface area contributed by atoms with E-state index in [1.807, 2.05) is 32.8 Å². The minimum atomic E-state index is -4.75. The molecule has 27 heavy (non-hydrogen) atoms. The van der Waals surface area contributed by atoms with Crippen molar-refractivity contribution in [2.75, 3.05) is 27.2 Å². The van der Waals surface area contributed by atoms with Crippen LogP contribution in [0.3, 0.4) is 0 Å². The number of hydrogen-bond acceptors (Lipinski definition) is 3. The molecule has 1 aromatic heterocycles. The van der Waals surface area contributed by atoms with Gasteiger partial charge in [0.05, 0.1) is 17.4 Å². The molecule has 0 fully saturated rings. The van der Waals surface area contributed by atoms with Crippen molar-refractivity contribution in [1.29, 1.82) is 0 Å². The second-order valence-corrected chi connectivity index (χ2v) is 7.81. The molecular formula is C18H22ClF3N4O. The number of halogens is 4. The molecule has 9 heteroatoms. The second kappa shape index (κ2) is 7.90. The lowest BCUT2D eigenvalue weighted by Gasteiger charge is -2.28. The van der Waals surface area contributed by atoms with E-state index < -0.39 is 23.3 Å². The first-order valence-electron chi connectivity index (χ1n) is 8.25. The van der Waals surface area contributed by atoms with Gasteiger partial charge < -0.3 is 10.2 Å². The van der Waals surface area contributed by atoms with Gasteiger partial charge in [-0.1, -0.05) is 25.4 Å². The summed E-state index contributed by atoms with van der Waals surface area (Å²) in [5.41, 5.74) is -1.77. The number of carbonyl (C=O) groups excluding carboxylic acids is 1. The van der Waals surface area contributed by atoms with E-state index in [9.17, 15) is 18.0 Å². The van der Waals surface area contributed by atoms with Crippen LogP contribution in [0.15, 0.2) is 30.5 Å². The first-order valence-corrected chi connectivity index (χ1v) is 8.62. The molecular weight excluding hydrogens is 381 g/mol. The zero-order valence-corrected chi connectivity index (χ0v) is 16.3. The molecule has 0 atom stereocenters. The lowest BCUT2D eigenvalue weighted by Crippen LogP contribution is -2.40. The first-order chi connectivity index (χ1) is 12.4. The van der Waals surface area contributed by atoms with E-state index in [-0.39, 0.29) is 17.6 Å². The molecule has 0 radical (unpaired) electrons. The molecule has 1 aromatic carbocycles. The quantitative estimate of drug-likeness (QED) is 0.798. The fraction of sp³-hybridized carbons (Fsp3) is 0.444. The second-order valence-electron chi connectivity index (χ2n) is 7.38. The van der Waals surface area contributed by atoms with Crippen LogP contribution < -0.4 is 5.32 Å². The maximum absolute atomic E-state index is 13.6. The van der Waals surface area contributed by atoms with E-state index in [0.29, 0.717) is 16.2 Å². The van der Waals surface area contributed by atoms with E-state index in [1.54, 1.807) is 0 Å². The van der Waals surface area contributed by atoms with E-state index in [2.05, 4.69) is 10.4 Å². The van der Waals surface area contributed by atoms with Crippen LogP contribution in [0.2, 0.25) is 5.02 Å². The maximum Gasteiger partial charge on any atom is 0.434 e.